The van der Waals surface area contributed by atoms with Crippen LogP contribution in [-0.4, -0.2) is 34.0 Å². The van der Waals surface area contributed by atoms with Gasteiger partial charge in [0.2, 0.25) is 0 Å². The number of carbonyl (C=O) groups excluding carboxylic acids is 2. The van der Waals surface area contributed by atoms with Gasteiger partial charge in [-0.3, -0.25) is 4.79 Å². The third-order valence-electron chi connectivity index (χ3n) is 2.82. The first-order chi connectivity index (χ1) is 8.32. The van der Waals surface area contributed by atoms with Gasteiger partial charge in [0.1, 0.15) is 5.69 Å². The molecule has 0 bridgehead atoms. The predicted molar refractivity (Wildman–Crippen MR) is 62.8 cm³/mol. The molecule has 1 aromatic heterocycles. The van der Waals surface area contributed by atoms with Crippen LogP contribution >= 0.6 is 0 Å². The van der Waals surface area contributed by atoms with Gasteiger partial charge in [-0.05, 0) is 26.3 Å². The first-order valence-electron chi connectivity index (χ1n) is 5.43. The lowest BCUT2D eigenvalue weighted by Crippen LogP contribution is -2.19. The van der Waals surface area contributed by atoms with E-state index in [1.807, 2.05) is 0 Å². The van der Waals surface area contributed by atoms with Crippen molar-refractivity contribution in [3.8, 4) is 0 Å². The highest BCUT2D eigenvalue weighted by Gasteiger charge is 2.28. The molecule has 0 saturated heterocycles. The number of carboxylic acid groups (broad SMARTS) is 1. The summed E-state index contributed by atoms with van der Waals surface area (Å²) >= 11 is 0. The lowest BCUT2D eigenvalue weighted by atomic mass is 10.1. The van der Waals surface area contributed by atoms with E-state index in [-0.39, 0.29) is 23.4 Å². The SMILES string of the molecule is CCOC(=O)C(=O)c1c(C)c(C(=O)O)n(C)c1C. The molecule has 0 atom stereocenters. The van der Waals surface area contributed by atoms with Crippen LogP contribution in [0.3, 0.4) is 0 Å². The minimum Gasteiger partial charge on any atom is -0.477 e. The average molecular weight is 253 g/mol. The van der Waals surface area contributed by atoms with Crippen molar-refractivity contribution in [1.82, 2.24) is 4.57 Å². The molecule has 0 saturated carbocycles. The molecular formula is C12H15NO5. The normalized spacial score (nSPS) is 10.2. The zero-order chi connectivity index (χ0) is 14.0. The summed E-state index contributed by atoms with van der Waals surface area (Å²) in [5.74, 6) is -2.91. The number of aromatic carboxylic acids is 1. The second kappa shape index (κ2) is 5.03. The molecule has 6 nitrogen and oxygen atoms in total. The van der Waals surface area contributed by atoms with Gasteiger partial charge in [-0.25, -0.2) is 9.59 Å². The summed E-state index contributed by atoms with van der Waals surface area (Å²) in [6.45, 7) is 4.79. The molecule has 18 heavy (non-hydrogen) atoms. The van der Waals surface area contributed by atoms with Gasteiger partial charge in [-0.1, -0.05) is 0 Å². The van der Waals surface area contributed by atoms with Crippen LogP contribution in [0.1, 0.15) is 39.0 Å². The highest BCUT2D eigenvalue weighted by molar-refractivity contribution is 6.41. The minimum absolute atomic E-state index is 0.000137. The van der Waals surface area contributed by atoms with Crippen LogP contribution in [0.2, 0.25) is 0 Å². The van der Waals surface area contributed by atoms with Gasteiger partial charge in [-0.15, -0.1) is 0 Å². The number of aromatic nitrogens is 1. The van der Waals surface area contributed by atoms with E-state index in [4.69, 9.17) is 5.11 Å². The van der Waals surface area contributed by atoms with E-state index < -0.39 is 17.7 Å². The second-order valence-corrected chi connectivity index (χ2v) is 3.85. The van der Waals surface area contributed by atoms with Crippen LogP contribution in [0.4, 0.5) is 0 Å². The number of hydrogen-bond donors (Lipinski definition) is 1. The number of nitrogens with zero attached hydrogens (tertiary/aromatic N) is 1. The average Bonchev–Trinajstić information content (AvgIpc) is 2.49. The summed E-state index contributed by atoms with van der Waals surface area (Å²) in [5, 5.41) is 9.06. The zero-order valence-corrected chi connectivity index (χ0v) is 10.7. The Balaban J connectivity index is 3.35. The number of carboxylic acids is 1. The molecule has 98 valence electrons. The molecule has 0 aromatic carbocycles. The summed E-state index contributed by atoms with van der Waals surface area (Å²) in [6.07, 6.45) is 0. The quantitative estimate of drug-likeness (QED) is 0.493. The molecule has 0 fully saturated rings. The maximum atomic E-state index is 11.9. The predicted octanol–water partition coefficient (Wildman–Crippen LogP) is 1.09. The summed E-state index contributed by atoms with van der Waals surface area (Å²) in [6, 6.07) is 0. The van der Waals surface area contributed by atoms with Crippen molar-refractivity contribution in [2.45, 2.75) is 20.8 Å². The fourth-order valence-electron chi connectivity index (χ4n) is 1.91. The first kappa shape index (κ1) is 14.0. The fraction of sp³-hybridized carbons (Fsp3) is 0.417. The number of esters is 1. The van der Waals surface area contributed by atoms with Crippen molar-refractivity contribution in [2.24, 2.45) is 7.05 Å². The van der Waals surface area contributed by atoms with E-state index in [0.717, 1.165) is 0 Å². The molecule has 0 amide bonds. The van der Waals surface area contributed by atoms with Crippen LogP contribution in [-0.2, 0) is 16.6 Å². The van der Waals surface area contributed by atoms with E-state index >= 15 is 0 Å². The molecule has 1 heterocycles. The summed E-state index contributed by atoms with van der Waals surface area (Å²) in [7, 11) is 1.54. The first-order valence-corrected chi connectivity index (χ1v) is 5.43. The number of Topliss-reactive ketones (excluding diaryl/α,β-unsaturated/α-hetero) is 1. The van der Waals surface area contributed by atoms with Crippen molar-refractivity contribution >= 4 is 17.7 Å². The summed E-state index contributed by atoms with van der Waals surface area (Å²) in [4.78, 5) is 34.4. The summed E-state index contributed by atoms with van der Waals surface area (Å²) < 4.78 is 6.01. The van der Waals surface area contributed by atoms with Gasteiger partial charge >= 0.3 is 11.9 Å². The lowest BCUT2D eigenvalue weighted by Gasteiger charge is -2.02. The van der Waals surface area contributed by atoms with Crippen LogP contribution in [0, 0.1) is 13.8 Å². The Morgan fingerprint density at radius 2 is 1.83 bits per heavy atom. The standard InChI is InChI=1S/C12H15NO5/c1-5-18-12(17)10(14)8-6(2)9(11(15)16)13(4)7(8)3/h5H2,1-4H3,(H,15,16). The monoisotopic (exact) mass is 253 g/mol. The number of carbonyl (C=O) groups is 3. The van der Waals surface area contributed by atoms with E-state index in [2.05, 4.69) is 4.74 Å². The van der Waals surface area contributed by atoms with Crippen molar-refractivity contribution < 1.29 is 24.2 Å². The number of rotatable bonds is 4. The highest BCUT2D eigenvalue weighted by atomic mass is 16.5. The molecule has 1 rings (SSSR count). The van der Waals surface area contributed by atoms with Gasteiger partial charge in [0.15, 0.2) is 0 Å². The largest absolute Gasteiger partial charge is 0.477 e. The number of hydrogen-bond acceptors (Lipinski definition) is 4. The lowest BCUT2D eigenvalue weighted by molar-refractivity contribution is -0.137. The Morgan fingerprint density at radius 3 is 2.22 bits per heavy atom. The Morgan fingerprint density at radius 1 is 1.28 bits per heavy atom. The minimum atomic E-state index is -1.14. The third-order valence-corrected chi connectivity index (χ3v) is 2.82. The Hall–Kier alpha value is -2.11. The van der Waals surface area contributed by atoms with E-state index in [1.165, 1.54) is 18.5 Å². The molecule has 0 radical (unpaired) electrons. The zero-order valence-electron chi connectivity index (χ0n) is 10.7. The number of ketones is 1. The Kier molecular flexibility index (Phi) is 3.90. The van der Waals surface area contributed by atoms with Gasteiger partial charge in [-0.2, -0.15) is 0 Å². The molecule has 1 N–H and O–H groups in total. The molecular weight excluding hydrogens is 238 g/mol. The molecule has 0 aliphatic heterocycles. The van der Waals surface area contributed by atoms with E-state index in [9.17, 15) is 14.4 Å². The highest BCUT2D eigenvalue weighted by Crippen LogP contribution is 2.22. The van der Waals surface area contributed by atoms with Crippen molar-refractivity contribution in [2.75, 3.05) is 6.61 Å². The molecule has 0 unspecified atom stereocenters. The van der Waals surface area contributed by atoms with Crippen molar-refractivity contribution in [1.29, 1.82) is 0 Å². The van der Waals surface area contributed by atoms with Crippen LogP contribution < -0.4 is 0 Å². The number of ether oxygens (including phenoxy) is 1. The maximum absolute atomic E-state index is 11.9. The Labute approximate surface area is 104 Å². The topological polar surface area (TPSA) is 85.6 Å². The summed E-state index contributed by atoms with van der Waals surface area (Å²) in [5.41, 5.74) is 0.817. The van der Waals surface area contributed by atoms with Crippen LogP contribution in [0.5, 0.6) is 0 Å². The van der Waals surface area contributed by atoms with Crippen molar-refractivity contribution in [3.05, 3.63) is 22.5 Å². The molecule has 6 heteroatoms. The van der Waals surface area contributed by atoms with Crippen LogP contribution in [0.15, 0.2) is 0 Å². The fourth-order valence-corrected chi connectivity index (χ4v) is 1.91. The smallest absolute Gasteiger partial charge is 0.379 e. The van der Waals surface area contributed by atoms with E-state index in [0.29, 0.717) is 5.69 Å². The third kappa shape index (κ3) is 2.13. The van der Waals surface area contributed by atoms with E-state index in [1.54, 1.807) is 13.8 Å². The van der Waals surface area contributed by atoms with Gasteiger partial charge in [0, 0.05) is 12.7 Å². The van der Waals surface area contributed by atoms with Gasteiger partial charge in [0.05, 0.1) is 12.2 Å². The Bertz CT molecular complexity index is 527. The maximum Gasteiger partial charge on any atom is 0.379 e. The van der Waals surface area contributed by atoms with Crippen LogP contribution in [0.25, 0.3) is 0 Å². The van der Waals surface area contributed by atoms with Crippen molar-refractivity contribution in [3.63, 3.8) is 0 Å². The second-order valence-electron chi connectivity index (χ2n) is 3.85. The van der Waals surface area contributed by atoms with Gasteiger partial charge in [0.25, 0.3) is 5.78 Å². The molecule has 0 aliphatic rings. The molecule has 0 spiro atoms. The molecule has 1 aromatic rings. The van der Waals surface area contributed by atoms with Gasteiger partial charge < -0.3 is 14.4 Å². The molecule has 0 aliphatic carbocycles.